The Hall–Kier alpha value is -2.74. The number of carbonyl (C=O) groups is 1. The van der Waals surface area contributed by atoms with Gasteiger partial charge in [-0.05, 0) is 46.3 Å². The predicted octanol–water partition coefficient (Wildman–Crippen LogP) is 2.96. The molecular formula is C17H12BrFN2O4. The van der Waals surface area contributed by atoms with Crippen LogP contribution in [0.1, 0.15) is 16.1 Å². The van der Waals surface area contributed by atoms with Crippen LogP contribution in [0.4, 0.5) is 4.39 Å². The van der Waals surface area contributed by atoms with E-state index in [0.29, 0.717) is 11.3 Å². The number of benzene rings is 1. The molecule has 3 aromatic rings. The Morgan fingerprint density at radius 2 is 2.08 bits per heavy atom. The Kier molecular flexibility index (Phi) is 4.80. The van der Waals surface area contributed by atoms with Crippen LogP contribution >= 0.6 is 15.9 Å². The van der Waals surface area contributed by atoms with Crippen molar-refractivity contribution in [3.8, 4) is 5.75 Å². The van der Waals surface area contributed by atoms with Gasteiger partial charge in [0.05, 0.1) is 18.4 Å². The van der Waals surface area contributed by atoms with Gasteiger partial charge in [0.2, 0.25) is 0 Å². The molecule has 3 rings (SSSR count). The Morgan fingerprint density at radius 1 is 1.28 bits per heavy atom. The minimum atomic E-state index is -0.723. The van der Waals surface area contributed by atoms with Crippen LogP contribution in [0.25, 0.3) is 5.65 Å². The van der Waals surface area contributed by atoms with Crippen molar-refractivity contribution < 1.29 is 18.7 Å². The molecule has 0 radical (unpaired) electrons. The summed E-state index contributed by atoms with van der Waals surface area (Å²) in [4.78, 5) is 28.4. The first-order chi connectivity index (χ1) is 12.0. The lowest BCUT2D eigenvalue weighted by molar-refractivity contribution is 0.0467. The van der Waals surface area contributed by atoms with Crippen molar-refractivity contribution >= 4 is 27.5 Å². The third-order valence-electron chi connectivity index (χ3n) is 3.42. The topological polar surface area (TPSA) is 69.9 Å². The molecule has 8 heteroatoms. The molecule has 0 spiro atoms. The second-order valence-electron chi connectivity index (χ2n) is 5.09. The van der Waals surface area contributed by atoms with Crippen LogP contribution in [-0.2, 0) is 11.3 Å². The standard InChI is InChI=1S/C17H12BrFN2O4/c1-24-14-4-2-10(6-13(14)19)17(23)25-9-12-7-16(22)21-8-11(18)3-5-15(21)20-12/h2-8H,9H2,1H3. The van der Waals surface area contributed by atoms with E-state index in [0.717, 1.165) is 10.5 Å². The third-order valence-corrected chi connectivity index (χ3v) is 3.88. The molecule has 0 aliphatic rings. The van der Waals surface area contributed by atoms with Gasteiger partial charge in [-0.15, -0.1) is 0 Å². The van der Waals surface area contributed by atoms with Crippen molar-refractivity contribution in [2.75, 3.05) is 7.11 Å². The zero-order valence-corrected chi connectivity index (χ0v) is 14.6. The molecule has 0 amide bonds. The van der Waals surface area contributed by atoms with E-state index in [9.17, 15) is 14.0 Å². The van der Waals surface area contributed by atoms with Crippen LogP contribution in [0, 0.1) is 5.82 Å². The number of aromatic nitrogens is 2. The number of rotatable bonds is 4. The molecule has 0 saturated carbocycles. The van der Waals surface area contributed by atoms with Crippen LogP contribution < -0.4 is 10.3 Å². The zero-order chi connectivity index (χ0) is 18.0. The number of ether oxygens (including phenoxy) is 2. The lowest BCUT2D eigenvalue weighted by Gasteiger charge is -2.07. The van der Waals surface area contributed by atoms with Gasteiger partial charge >= 0.3 is 5.97 Å². The molecule has 0 fully saturated rings. The Labute approximate surface area is 150 Å². The van der Waals surface area contributed by atoms with Gasteiger partial charge in [-0.3, -0.25) is 9.20 Å². The number of halogens is 2. The average molecular weight is 407 g/mol. The summed E-state index contributed by atoms with van der Waals surface area (Å²) >= 11 is 3.28. The molecule has 0 aliphatic carbocycles. The Bertz CT molecular complexity index is 1020. The van der Waals surface area contributed by atoms with Gasteiger partial charge in [0.15, 0.2) is 11.6 Å². The summed E-state index contributed by atoms with van der Waals surface area (Å²) < 4.78 is 25.6. The van der Waals surface area contributed by atoms with Gasteiger partial charge in [-0.2, -0.15) is 0 Å². The SMILES string of the molecule is COc1ccc(C(=O)OCc2cc(=O)n3cc(Br)ccc3n2)cc1F. The van der Waals surface area contributed by atoms with E-state index >= 15 is 0 Å². The van der Waals surface area contributed by atoms with Crippen molar-refractivity contribution in [1.82, 2.24) is 9.38 Å². The van der Waals surface area contributed by atoms with Crippen LogP contribution in [-0.4, -0.2) is 22.5 Å². The first kappa shape index (κ1) is 17.1. The fraction of sp³-hybridized carbons (Fsp3) is 0.118. The summed E-state index contributed by atoms with van der Waals surface area (Å²) in [6, 6.07) is 8.45. The largest absolute Gasteiger partial charge is 0.494 e. The number of methoxy groups -OCH3 is 1. The number of nitrogens with zero attached hydrogens (tertiary/aromatic N) is 2. The quantitative estimate of drug-likeness (QED) is 0.622. The highest BCUT2D eigenvalue weighted by Gasteiger charge is 2.12. The zero-order valence-electron chi connectivity index (χ0n) is 13.0. The molecule has 1 aromatic carbocycles. The molecule has 0 saturated heterocycles. The number of carbonyl (C=O) groups excluding carboxylic acids is 1. The summed E-state index contributed by atoms with van der Waals surface area (Å²) in [6.07, 6.45) is 1.60. The first-order valence-corrected chi connectivity index (χ1v) is 7.96. The van der Waals surface area contributed by atoms with E-state index in [1.807, 2.05) is 0 Å². The Balaban J connectivity index is 1.78. The van der Waals surface area contributed by atoms with E-state index in [-0.39, 0.29) is 23.5 Å². The molecule has 2 aromatic heterocycles. The molecule has 0 unspecified atom stereocenters. The fourth-order valence-electron chi connectivity index (χ4n) is 2.22. The highest BCUT2D eigenvalue weighted by molar-refractivity contribution is 9.10. The van der Waals surface area contributed by atoms with Gasteiger partial charge in [0.25, 0.3) is 5.56 Å². The number of esters is 1. The molecule has 2 heterocycles. The van der Waals surface area contributed by atoms with Gasteiger partial charge in [0.1, 0.15) is 12.3 Å². The lowest BCUT2D eigenvalue weighted by atomic mass is 10.2. The number of hydrogen-bond acceptors (Lipinski definition) is 5. The van der Waals surface area contributed by atoms with Crippen molar-refractivity contribution in [1.29, 1.82) is 0 Å². The maximum atomic E-state index is 13.6. The van der Waals surface area contributed by atoms with Crippen LogP contribution in [0.3, 0.4) is 0 Å². The smallest absolute Gasteiger partial charge is 0.338 e. The summed E-state index contributed by atoms with van der Waals surface area (Å²) in [6.45, 7) is -0.200. The van der Waals surface area contributed by atoms with Crippen molar-refractivity contribution in [2.24, 2.45) is 0 Å². The van der Waals surface area contributed by atoms with E-state index in [2.05, 4.69) is 20.9 Å². The van der Waals surface area contributed by atoms with Gasteiger partial charge in [0, 0.05) is 16.7 Å². The molecule has 6 nitrogen and oxygen atoms in total. The number of hydrogen-bond donors (Lipinski definition) is 0. The highest BCUT2D eigenvalue weighted by Crippen LogP contribution is 2.18. The maximum Gasteiger partial charge on any atom is 0.338 e. The van der Waals surface area contributed by atoms with Gasteiger partial charge in [-0.25, -0.2) is 14.2 Å². The summed E-state index contributed by atoms with van der Waals surface area (Å²) in [7, 11) is 1.33. The van der Waals surface area contributed by atoms with Crippen LogP contribution in [0.15, 0.2) is 51.9 Å². The second-order valence-corrected chi connectivity index (χ2v) is 6.00. The van der Waals surface area contributed by atoms with Crippen molar-refractivity contribution in [2.45, 2.75) is 6.61 Å². The van der Waals surface area contributed by atoms with Crippen molar-refractivity contribution in [3.05, 3.63) is 74.5 Å². The fourth-order valence-corrected chi connectivity index (χ4v) is 2.55. The monoisotopic (exact) mass is 406 g/mol. The minimum absolute atomic E-state index is 0.0342. The molecular weight excluding hydrogens is 395 g/mol. The Morgan fingerprint density at radius 3 is 2.80 bits per heavy atom. The third kappa shape index (κ3) is 3.69. The normalized spacial score (nSPS) is 10.7. The first-order valence-electron chi connectivity index (χ1n) is 7.16. The van der Waals surface area contributed by atoms with E-state index < -0.39 is 11.8 Å². The van der Waals surface area contributed by atoms with Crippen molar-refractivity contribution in [3.63, 3.8) is 0 Å². The highest BCUT2D eigenvalue weighted by atomic mass is 79.9. The van der Waals surface area contributed by atoms with Gasteiger partial charge in [-0.1, -0.05) is 0 Å². The predicted molar refractivity (Wildman–Crippen MR) is 91.2 cm³/mol. The summed E-state index contributed by atoms with van der Waals surface area (Å²) in [5, 5.41) is 0. The summed E-state index contributed by atoms with van der Waals surface area (Å²) in [5.74, 6) is -1.35. The number of pyridine rings is 1. The van der Waals surface area contributed by atoms with Crippen LogP contribution in [0.5, 0.6) is 5.75 Å². The second kappa shape index (κ2) is 7.02. The molecule has 0 atom stereocenters. The molecule has 0 aliphatic heterocycles. The summed E-state index contributed by atoms with van der Waals surface area (Å²) in [5.41, 5.74) is 0.472. The lowest BCUT2D eigenvalue weighted by Crippen LogP contribution is -2.16. The van der Waals surface area contributed by atoms with E-state index in [1.165, 1.54) is 29.7 Å². The average Bonchev–Trinajstić information content (AvgIpc) is 2.60. The maximum absolute atomic E-state index is 13.6. The van der Waals surface area contributed by atoms with E-state index in [1.54, 1.807) is 18.3 Å². The van der Waals surface area contributed by atoms with Crippen LogP contribution in [0.2, 0.25) is 0 Å². The molecule has 0 bridgehead atoms. The molecule has 25 heavy (non-hydrogen) atoms. The minimum Gasteiger partial charge on any atom is -0.494 e. The molecule has 128 valence electrons. The van der Waals surface area contributed by atoms with E-state index in [4.69, 9.17) is 9.47 Å². The van der Waals surface area contributed by atoms with Gasteiger partial charge < -0.3 is 9.47 Å². The number of fused-ring (bicyclic) bond motifs is 1. The molecule has 0 N–H and O–H groups in total.